The molecule has 2 aromatic heterocycles. The van der Waals surface area contributed by atoms with Gasteiger partial charge in [0, 0.05) is 13.6 Å². The minimum atomic E-state index is -0.137. The van der Waals surface area contributed by atoms with Gasteiger partial charge >= 0.3 is 0 Å². The van der Waals surface area contributed by atoms with Crippen LogP contribution in [0, 0.1) is 0 Å². The van der Waals surface area contributed by atoms with Crippen molar-refractivity contribution in [3.05, 3.63) is 17.9 Å². The predicted octanol–water partition coefficient (Wildman–Crippen LogP) is 0.0681. The molecule has 21 heavy (non-hydrogen) atoms. The van der Waals surface area contributed by atoms with Crippen molar-refractivity contribution >= 4 is 23.5 Å². The highest BCUT2D eigenvalue weighted by Gasteiger charge is 2.16. The third kappa shape index (κ3) is 3.85. The molecule has 0 atom stereocenters. The molecule has 2 heterocycles. The normalized spacial score (nSPS) is 10.4. The minimum Gasteiger partial charge on any atom is -0.358 e. The molecule has 0 aromatic carbocycles. The van der Waals surface area contributed by atoms with Crippen LogP contribution in [0.25, 0.3) is 5.95 Å². The molecule has 1 amide bonds. The van der Waals surface area contributed by atoms with Crippen molar-refractivity contribution in [1.29, 1.82) is 0 Å². The van der Waals surface area contributed by atoms with Crippen LogP contribution in [0.4, 0.5) is 5.95 Å². The zero-order valence-electron chi connectivity index (χ0n) is 11.7. The minimum absolute atomic E-state index is 0.0310. The van der Waals surface area contributed by atoms with Gasteiger partial charge in [0.15, 0.2) is 0 Å². The number of nitrogens with zero attached hydrogens (tertiary/aromatic N) is 7. The molecule has 112 valence electrons. The summed E-state index contributed by atoms with van der Waals surface area (Å²) in [5.74, 6) is 0.439. The Morgan fingerprint density at radius 1 is 1.43 bits per heavy atom. The number of halogens is 1. The summed E-state index contributed by atoms with van der Waals surface area (Å²) in [6.07, 6.45) is 3.66. The van der Waals surface area contributed by atoms with E-state index in [0.29, 0.717) is 12.5 Å². The maximum atomic E-state index is 11.6. The van der Waals surface area contributed by atoms with E-state index in [4.69, 9.17) is 11.6 Å². The lowest BCUT2D eigenvalue weighted by Gasteiger charge is -2.21. The summed E-state index contributed by atoms with van der Waals surface area (Å²) in [7, 11) is 1.58. The molecule has 9 nitrogen and oxygen atoms in total. The van der Waals surface area contributed by atoms with Crippen molar-refractivity contribution in [1.82, 2.24) is 35.0 Å². The number of carbonyl (C=O) groups is 1. The van der Waals surface area contributed by atoms with Gasteiger partial charge in [-0.2, -0.15) is 24.7 Å². The molecule has 1 N–H and O–H groups in total. The lowest BCUT2D eigenvalue weighted by Crippen LogP contribution is -2.37. The molecular formula is C11H15ClN8O. The van der Waals surface area contributed by atoms with Gasteiger partial charge in [-0.05, 0) is 18.0 Å². The Morgan fingerprint density at radius 2 is 2.24 bits per heavy atom. The van der Waals surface area contributed by atoms with Crippen LogP contribution >= 0.6 is 11.6 Å². The Labute approximate surface area is 126 Å². The van der Waals surface area contributed by atoms with Crippen LogP contribution in [-0.4, -0.2) is 55.8 Å². The van der Waals surface area contributed by atoms with E-state index in [1.54, 1.807) is 11.9 Å². The lowest BCUT2D eigenvalue weighted by molar-refractivity contribution is -0.119. The second-order valence-electron chi connectivity index (χ2n) is 4.14. The zero-order chi connectivity index (χ0) is 15.2. The summed E-state index contributed by atoms with van der Waals surface area (Å²) >= 11 is 5.93. The highest BCUT2D eigenvalue weighted by atomic mass is 35.5. The first-order chi connectivity index (χ1) is 10.1. The van der Waals surface area contributed by atoms with Gasteiger partial charge < -0.3 is 10.2 Å². The van der Waals surface area contributed by atoms with Crippen LogP contribution in [0.3, 0.4) is 0 Å². The number of amides is 1. The monoisotopic (exact) mass is 310 g/mol. The molecule has 0 aliphatic heterocycles. The van der Waals surface area contributed by atoms with Crippen LogP contribution in [-0.2, 0) is 4.79 Å². The second kappa shape index (κ2) is 6.93. The molecule has 0 fully saturated rings. The quantitative estimate of drug-likeness (QED) is 0.805. The molecule has 2 aromatic rings. The summed E-state index contributed by atoms with van der Waals surface area (Å²) in [5, 5.41) is 6.55. The van der Waals surface area contributed by atoms with Gasteiger partial charge in [0.05, 0.1) is 6.54 Å². The van der Waals surface area contributed by atoms with Gasteiger partial charge in [-0.1, -0.05) is 6.92 Å². The molecule has 2 rings (SSSR count). The highest BCUT2D eigenvalue weighted by Crippen LogP contribution is 2.13. The van der Waals surface area contributed by atoms with Crippen molar-refractivity contribution in [3.63, 3.8) is 0 Å². The van der Waals surface area contributed by atoms with Gasteiger partial charge in [-0.3, -0.25) is 4.79 Å². The maximum absolute atomic E-state index is 11.6. The van der Waals surface area contributed by atoms with Gasteiger partial charge in [0.25, 0.3) is 5.95 Å². The molecule has 0 aliphatic carbocycles. The summed E-state index contributed by atoms with van der Waals surface area (Å²) in [4.78, 5) is 29.5. The van der Waals surface area contributed by atoms with Gasteiger partial charge in [-0.25, -0.2) is 4.98 Å². The van der Waals surface area contributed by atoms with Crippen molar-refractivity contribution in [2.24, 2.45) is 0 Å². The van der Waals surface area contributed by atoms with Crippen molar-refractivity contribution in [2.75, 3.05) is 25.0 Å². The van der Waals surface area contributed by atoms with Gasteiger partial charge in [0.1, 0.15) is 12.7 Å². The molecule has 0 saturated heterocycles. The number of hydrogen-bond acceptors (Lipinski definition) is 7. The Balaban J connectivity index is 2.33. The molecule has 0 saturated carbocycles. The molecule has 0 unspecified atom stereocenters. The van der Waals surface area contributed by atoms with E-state index in [-0.39, 0.29) is 23.7 Å². The summed E-state index contributed by atoms with van der Waals surface area (Å²) in [5.41, 5.74) is 0. The van der Waals surface area contributed by atoms with E-state index in [1.807, 2.05) is 6.92 Å². The molecule has 10 heteroatoms. The van der Waals surface area contributed by atoms with E-state index in [1.165, 1.54) is 17.3 Å². The van der Waals surface area contributed by atoms with E-state index in [2.05, 4.69) is 30.4 Å². The third-order valence-corrected chi connectivity index (χ3v) is 2.77. The number of nitrogens with one attached hydrogen (secondary N) is 1. The average molecular weight is 311 g/mol. The Hall–Kier alpha value is -2.29. The first kappa shape index (κ1) is 15.1. The predicted molar refractivity (Wildman–Crippen MR) is 76.3 cm³/mol. The highest BCUT2D eigenvalue weighted by molar-refractivity contribution is 6.28. The Morgan fingerprint density at radius 3 is 2.86 bits per heavy atom. The summed E-state index contributed by atoms with van der Waals surface area (Å²) < 4.78 is 1.38. The fraction of sp³-hybridized carbons (Fsp3) is 0.455. The molecule has 0 bridgehead atoms. The largest absolute Gasteiger partial charge is 0.358 e. The Kier molecular flexibility index (Phi) is 4.99. The number of carbonyl (C=O) groups excluding carboxylic acids is 1. The molecule has 0 aliphatic rings. The van der Waals surface area contributed by atoms with Crippen LogP contribution in [0.2, 0.25) is 5.28 Å². The molecule has 0 radical (unpaired) electrons. The van der Waals surface area contributed by atoms with Crippen molar-refractivity contribution < 1.29 is 4.79 Å². The van der Waals surface area contributed by atoms with E-state index in [0.717, 1.165) is 6.42 Å². The van der Waals surface area contributed by atoms with Crippen LogP contribution in [0.1, 0.15) is 13.3 Å². The zero-order valence-corrected chi connectivity index (χ0v) is 12.4. The van der Waals surface area contributed by atoms with Crippen LogP contribution < -0.4 is 10.2 Å². The SMILES string of the molecule is CCCN(CC(=O)NC)c1nc(Cl)nc(-n2cncn2)n1. The smallest absolute Gasteiger partial charge is 0.258 e. The third-order valence-electron chi connectivity index (χ3n) is 2.60. The Bertz CT molecular complexity index is 602. The van der Waals surface area contributed by atoms with Gasteiger partial charge in [-0.15, -0.1) is 0 Å². The van der Waals surface area contributed by atoms with Crippen LogP contribution in [0.15, 0.2) is 12.7 Å². The van der Waals surface area contributed by atoms with Crippen molar-refractivity contribution in [3.8, 4) is 5.95 Å². The second-order valence-corrected chi connectivity index (χ2v) is 4.48. The standard InChI is InChI=1S/C11H15ClN8O/c1-3-4-19(5-8(21)13-2)10-16-9(12)17-11(18-10)20-7-14-6-15-20/h6-7H,3-5H2,1-2H3,(H,13,21). The number of rotatable bonds is 6. The average Bonchev–Trinajstić information content (AvgIpc) is 3.00. The van der Waals surface area contributed by atoms with E-state index < -0.39 is 0 Å². The fourth-order valence-electron chi connectivity index (χ4n) is 1.66. The van der Waals surface area contributed by atoms with Crippen molar-refractivity contribution in [2.45, 2.75) is 13.3 Å². The number of anilines is 1. The number of hydrogen-bond donors (Lipinski definition) is 1. The first-order valence-electron chi connectivity index (χ1n) is 6.36. The van der Waals surface area contributed by atoms with E-state index >= 15 is 0 Å². The molecular weight excluding hydrogens is 296 g/mol. The van der Waals surface area contributed by atoms with Gasteiger partial charge in [0.2, 0.25) is 17.1 Å². The first-order valence-corrected chi connectivity index (χ1v) is 6.74. The number of likely N-dealkylation sites (N-methyl/N-ethyl adjacent to an activating group) is 1. The fourth-order valence-corrected chi connectivity index (χ4v) is 1.81. The number of aromatic nitrogens is 6. The summed E-state index contributed by atoms with van der Waals surface area (Å²) in [6.45, 7) is 2.75. The summed E-state index contributed by atoms with van der Waals surface area (Å²) in [6, 6.07) is 0. The van der Waals surface area contributed by atoms with E-state index in [9.17, 15) is 4.79 Å². The van der Waals surface area contributed by atoms with Crippen LogP contribution in [0.5, 0.6) is 0 Å². The topological polar surface area (TPSA) is 102 Å². The molecule has 0 spiro atoms. The maximum Gasteiger partial charge on any atom is 0.258 e. The lowest BCUT2D eigenvalue weighted by atomic mass is 10.4.